The van der Waals surface area contributed by atoms with Crippen LogP contribution in [0.1, 0.15) is 35.3 Å². The van der Waals surface area contributed by atoms with Gasteiger partial charge in [-0.25, -0.2) is 8.42 Å². The van der Waals surface area contributed by atoms with Gasteiger partial charge >= 0.3 is 0 Å². The van der Waals surface area contributed by atoms with Gasteiger partial charge in [-0.1, -0.05) is 43.3 Å². The molecule has 3 rings (SSSR count). The van der Waals surface area contributed by atoms with Gasteiger partial charge < -0.3 is 10.1 Å². The van der Waals surface area contributed by atoms with E-state index in [0.717, 1.165) is 11.3 Å². The minimum atomic E-state index is -3.81. The summed E-state index contributed by atoms with van der Waals surface area (Å²) in [7, 11) is -2.21. The second kappa shape index (κ2) is 9.45. The number of carbonyl (C=O) groups excluding carboxylic acids is 1. The first kappa shape index (κ1) is 21.4. The predicted molar refractivity (Wildman–Crippen MR) is 117 cm³/mol. The van der Waals surface area contributed by atoms with Crippen molar-refractivity contribution in [3.8, 4) is 5.75 Å². The third kappa shape index (κ3) is 5.18. The first-order valence-electron chi connectivity index (χ1n) is 9.55. The Bertz CT molecular complexity index is 1100. The van der Waals surface area contributed by atoms with Crippen LogP contribution >= 0.6 is 0 Å². The zero-order valence-corrected chi connectivity index (χ0v) is 17.6. The van der Waals surface area contributed by atoms with Crippen molar-refractivity contribution in [3.05, 3.63) is 90.0 Å². The van der Waals surface area contributed by atoms with Crippen LogP contribution in [-0.4, -0.2) is 21.4 Å². The molecule has 0 aromatic heterocycles. The Morgan fingerprint density at radius 2 is 1.67 bits per heavy atom. The summed E-state index contributed by atoms with van der Waals surface area (Å²) in [5.74, 6) is 0.401. The topological polar surface area (TPSA) is 84.5 Å². The number of nitrogens with one attached hydrogen (secondary N) is 2. The smallest absolute Gasteiger partial charge is 0.261 e. The van der Waals surface area contributed by atoms with E-state index in [1.54, 1.807) is 49.6 Å². The van der Waals surface area contributed by atoms with E-state index in [1.165, 1.54) is 12.1 Å². The summed E-state index contributed by atoms with van der Waals surface area (Å²) in [4.78, 5) is 12.8. The molecule has 1 atom stereocenters. The number of sulfonamides is 1. The van der Waals surface area contributed by atoms with Crippen molar-refractivity contribution in [1.82, 2.24) is 5.32 Å². The number of hydrogen-bond acceptors (Lipinski definition) is 4. The summed E-state index contributed by atoms with van der Waals surface area (Å²) in [5, 5.41) is 2.97. The maximum absolute atomic E-state index is 12.8. The molecule has 0 spiro atoms. The highest BCUT2D eigenvalue weighted by atomic mass is 32.2. The van der Waals surface area contributed by atoms with Gasteiger partial charge in [0.1, 0.15) is 5.75 Å². The van der Waals surface area contributed by atoms with Crippen LogP contribution in [0.4, 0.5) is 5.69 Å². The van der Waals surface area contributed by atoms with E-state index in [1.807, 2.05) is 31.2 Å². The van der Waals surface area contributed by atoms with Gasteiger partial charge in [0.2, 0.25) is 0 Å². The average Bonchev–Trinajstić information content (AvgIpc) is 2.78. The summed E-state index contributed by atoms with van der Waals surface area (Å²) < 4.78 is 33.1. The summed E-state index contributed by atoms with van der Waals surface area (Å²) in [6.45, 7) is 1.97. The number of amides is 1. The molecule has 0 saturated heterocycles. The van der Waals surface area contributed by atoms with Gasteiger partial charge in [-0.3, -0.25) is 9.52 Å². The van der Waals surface area contributed by atoms with Crippen molar-refractivity contribution in [2.45, 2.75) is 24.3 Å². The Morgan fingerprint density at radius 3 is 2.30 bits per heavy atom. The molecular formula is C23H24N2O4S. The van der Waals surface area contributed by atoms with Crippen molar-refractivity contribution in [1.29, 1.82) is 0 Å². The lowest BCUT2D eigenvalue weighted by Gasteiger charge is -2.18. The Hall–Kier alpha value is -3.32. The number of methoxy groups -OCH3 is 1. The van der Waals surface area contributed by atoms with Gasteiger partial charge in [0, 0.05) is 11.3 Å². The molecule has 3 aromatic carbocycles. The van der Waals surface area contributed by atoms with Gasteiger partial charge in [-0.05, 0) is 54.4 Å². The fourth-order valence-electron chi connectivity index (χ4n) is 3.02. The fraction of sp³-hybridized carbons (Fsp3) is 0.174. The Labute approximate surface area is 177 Å². The number of rotatable bonds is 8. The molecule has 0 saturated carbocycles. The molecule has 0 heterocycles. The molecule has 1 amide bonds. The summed E-state index contributed by atoms with van der Waals surface area (Å²) in [5.41, 5.74) is 1.68. The molecule has 0 aliphatic heterocycles. The third-order valence-electron chi connectivity index (χ3n) is 4.66. The number of para-hydroxylation sites is 1. The molecular weight excluding hydrogens is 400 g/mol. The normalized spacial score (nSPS) is 12.1. The zero-order valence-electron chi connectivity index (χ0n) is 16.8. The molecule has 3 aromatic rings. The number of benzene rings is 3. The molecule has 0 fully saturated rings. The number of hydrogen-bond donors (Lipinski definition) is 2. The summed E-state index contributed by atoms with van der Waals surface area (Å²) in [6.07, 6.45) is 0.686. The standard InChI is InChI=1S/C23H24N2O4S/c1-3-22(17-12-14-20(29-2)15-13-17)24-23(26)18-8-7-11-21(16-18)30(27,28)25-19-9-5-4-6-10-19/h4-16,22,25H,3H2,1-2H3,(H,24,26)/t22-/m0/s1. The molecule has 7 heteroatoms. The van der Waals surface area contributed by atoms with Crippen molar-refractivity contribution in [2.75, 3.05) is 11.8 Å². The van der Waals surface area contributed by atoms with E-state index in [2.05, 4.69) is 10.0 Å². The average molecular weight is 425 g/mol. The Kier molecular flexibility index (Phi) is 6.74. The highest BCUT2D eigenvalue weighted by Gasteiger charge is 2.18. The molecule has 0 aliphatic carbocycles. The molecule has 156 valence electrons. The van der Waals surface area contributed by atoms with Crippen molar-refractivity contribution >= 4 is 21.6 Å². The SMILES string of the molecule is CC[C@H](NC(=O)c1cccc(S(=O)(=O)Nc2ccccc2)c1)c1ccc(OC)cc1. The van der Waals surface area contributed by atoms with Gasteiger partial charge in [-0.15, -0.1) is 0 Å². The van der Waals surface area contributed by atoms with Crippen molar-refractivity contribution in [3.63, 3.8) is 0 Å². The van der Waals surface area contributed by atoms with Crippen molar-refractivity contribution in [2.24, 2.45) is 0 Å². The van der Waals surface area contributed by atoms with E-state index >= 15 is 0 Å². The van der Waals surface area contributed by atoms with Crippen LogP contribution in [-0.2, 0) is 10.0 Å². The molecule has 2 N–H and O–H groups in total. The zero-order chi connectivity index (χ0) is 21.6. The largest absolute Gasteiger partial charge is 0.497 e. The Balaban J connectivity index is 1.77. The van der Waals surface area contributed by atoms with Crippen molar-refractivity contribution < 1.29 is 17.9 Å². The van der Waals surface area contributed by atoms with Crippen LogP contribution < -0.4 is 14.8 Å². The van der Waals surface area contributed by atoms with Crippen LogP contribution in [0.5, 0.6) is 5.75 Å². The summed E-state index contributed by atoms with van der Waals surface area (Å²) >= 11 is 0. The third-order valence-corrected chi connectivity index (χ3v) is 6.04. The van der Waals surface area contributed by atoms with E-state index in [9.17, 15) is 13.2 Å². The van der Waals surface area contributed by atoms with Crippen LogP contribution in [0.15, 0.2) is 83.8 Å². The quantitative estimate of drug-likeness (QED) is 0.562. The van der Waals surface area contributed by atoms with E-state index in [-0.39, 0.29) is 22.4 Å². The van der Waals surface area contributed by atoms with E-state index < -0.39 is 10.0 Å². The molecule has 30 heavy (non-hydrogen) atoms. The lowest BCUT2D eigenvalue weighted by molar-refractivity contribution is 0.0935. The minimum Gasteiger partial charge on any atom is -0.497 e. The van der Waals surface area contributed by atoms with Gasteiger partial charge in [-0.2, -0.15) is 0 Å². The second-order valence-electron chi connectivity index (χ2n) is 6.71. The minimum absolute atomic E-state index is 0.0245. The first-order chi connectivity index (χ1) is 14.4. The van der Waals surface area contributed by atoms with Crippen LogP contribution in [0.25, 0.3) is 0 Å². The highest BCUT2D eigenvalue weighted by molar-refractivity contribution is 7.92. The number of anilines is 1. The van der Waals surface area contributed by atoms with Gasteiger partial charge in [0.05, 0.1) is 18.0 Å². The van der Waals surface area contributed by atoms with Crippen LogP contribution in [0.3, 0.4) is 0 Å². The predicted octanol–water partition coefficient (Wildman–Crippen LogP) is 4.38. The van der Waals surface area contributed by atoms with E-state index in [4.69, 9.17) is 4.74 Å². The molecule has 6 nitrogen and oxygen atoms in total. The first-order valence-corrected chi connectivity index (χ1v) is 11.0. The second-order valence-corrected chi connectivity index (χ2v) is 8.39. The molecule has 0 bridgehead atoms. The van der Waals surface area contributed by atoms with Gasteiger partial charge in [0.15, 0.2) is 0 Å². The highest BCUT2D eigenvalue weighted by Crippen LogP contribution is 2.22. The van der Waals surface area contributed by atoms with Crippen LogP contribution in [0.2, 0.25) is 0 Å². The molecule has 0 aliphatic rings. The maximum atomic E-state index is 12.8. The lowest BCUT2D eigenvalue weighted by atomic mass is 10.0. The van der Waals surface area contributed by atoms with Gasteiger partial charge in [0.25, 0.3) is 15.9 Å². The molecule has 0 unspecified atom stereocenters. The fourth-order valence-corrected chi connectivity index (χ4v) is 4.13. The van der Waals surface area contributed by atoms with Crippen LogP contribution in [0, 0.1) is 0 Å². The number of ether oxygens (including phenoxy) is 1. The Morgan fingerprint density at radius 1 is 0.967 bits per heavy atom. The monoisotopic (exact) mass is 424 g/mol. The maximum Gasteiger partial charge on any atom is 0.261 e. The molecule has 0 radical (unpaired) electrons. The number of carbonyl (C=O) groups is 1. The van der Waals surface area contributed by atoms with E-state index in [0.29, 0.717) is 12.1 Å². The lowest BCUT2D eigenvalue weighted by Crippen LogP contribution is -2.28. The summed E-state index contributed by atoms with van der Waals surface area (Å²) in [6, 6.07) is 21.9.